The van der Waals surface area contributed by atoms with Crippen LogP contribution in [0, 0.1) is 10.8 Å². The lowest BCUT2D eigenvalue weighted by molar-refractivity contribution is -0.215. The largest absolute Gasteiger partial charge is 0.464 e. The molecule has 1 aromatic carbocycles. The molecule has 0 saturated heterocycles. The van der Waals surface area contributed by atoms with Crippen molar-refractivity contribution in [3.63, 3.8) is 0 Å². The lowest BCUT2D eigenvalue weighted by atomic mass is 9.41. The number of hydrogen-bond acceptors (Lipinski definition) is 7. The smallest absolute Gasteiger partial charge is 0.316 e. The number of rotatable bonds is 10. The fourth-order valence-electron chi connectivity index (χ4n) is 8.01. The summed E-state index contributed by atoms with van der Waals surface area (Å²) < 4.78 is 51.3. The Kier molecular flexibility index (Phi) is 6.36. The third kappa shape index (κ3) is 4.65. The summed E-state index contributed by atoms with van der Waals surface area (Å²) in [6.45, 7) is 2.90. The average molecular weight is 582 g/mol. The van der Waals surface area contributed by atoms with Gasteiger partial charge in [0.15, 0.2) is 0 Å². The van der Waals surface area contributed by atoms with Gasteiger partial charge in [0.05, 0.1) is 6.61 Å². The molecule has 1 amide bonds. The minimum atomic E-state index is -2.76. The number of nitrogens with zero attached hydrogens (tertiary/aromatic N) is 5. The van der Waals surface area contributed by atoms with Crippen LogP contribution in [0.25, 0.3) is 11.1 Å². The number of carbonyl (C=O) groups is 1. The van der Waals surface area contributed by atoms with Crippen LogP contribution in [0.1, 0.15) is 89.3 Å². The predicted octanol–water partition coefficient (Wildman–Crippen LogP) is 6.77. The summed E-state index contributed by atoms with van der Waals surface area (Å²) in [5, 5.41) is 3.50. The molecule has 6 aliphatic rings. The second kappa shape index (κ2) is 9.77. The van der Waals surface area contributed by atoms with Crippen molar-refractivity contribution >= 4 is 11.6 Å². The van der Waals surface area contributed by atoms with E-state index in [2.05, 4.69) is 20.1 Å². The first-order valence-corrected chi connectivity index (χ1v) is 14.8. The van der Waals surface area contributed by atoms with Gasteiger partial charge in [-0.3, -0.25) is 4.79 Å². The highest BCUT2D eigenvalue weighted by Crippen LogP contribution is 2.71. The van der Waals surface area contributed by atoms with Gasteiger partial charge in [0, 0.05) is 42.0 Å². The first-order valence-electron chi connectivity index (χ1n) is 14.8. The molecular weight excluding hydrogens is 547 g/mol. The summed E-state index contributed by atoms with van der Waals surface area (Å²) in [6.07, 6.45) is 7.15. The van der Waals surface area contributed by atoms with E-state index in [1.165, 1.54) is 0 Å². The molecule has 2 aromatic heterocycles. The molecule has 8 nitrogen and oxygen atoms in total. The highest BCUT2D eigenvalue weighted by Gasteiger charge is 2.69. The van der Waals surface area contributed by atoms with E-state index in [4.69, 9.17) is 9.26 Å². The van der Waals surface area contributed by atoms with Crippen molar-refractivity contribution in [2.75, 3.05) is 18.1 Å². The Morgan fingerprint density at radius 1 is 1.02 bits per heavy atom. The molecule has 4 bridgehead atoms. The van der Waals surface area contributed by atoms with Crippen LogP contribution in [-0.4, -0.2) is 44.8 Å². The molecule has 11 heteroatoms. The van der Waals surface area contributed by atoms with E-state index in [0.717, 1.165) is 55.3 Å². The summed E-state index contributed by atoms with van der Waals surface area (Å²) in [5.41, 5.74) is 0.726. The topological polar surface area (TPSA) is 94.2 Å². The Balaban J connectivity index is 1.13. The fraction of sp³-hybridized carbons (Fsp3) is 0.581. The number of carbonyl (C=O) groups excluding carboxylic acids is 1. The standard InChI is InChI=1S/C31H34F3N5O3/c1-2-41-27-35-14-21(15-36-27)20-4-3-5-22(12-20)39(23(40)13-29-16-31(34,17-29)18-29)19-28-6-9-30(10-7-28,11-8-28)26-37-25(24(32)33)38-42-26/h3-5,12,14-15,24H,2,6-11,13,16-19H2,1H3. The van der Waals surface area contributed by atoms with Crippen LogP contribution < -0.4 is 9.64 Å². The highest BCUT2D eigenvalue weighted by molar-refractivity contribution is 5.95. The Bertz CT molecular complexity index is 1450. The summed E-state index contributed by atoms with van der Waals surface area (Å²) >= 11 is 0. The Morgan fingerprint density at radius 2 is 1.71 bits per heavy atom. The molecule has 6 saturated carbocycles. The molecule has 6 aliphatic carbocycles. The van der Waals surface area contributed by atoms with Gasteiger partial charge in [-0.2, -0.15) is 4.98 Å². The van der Waals surface area contributed by atoms with Crippen molar-refractivity contribution < 1.29 is 27.2 Å². The maximum atomic E-state index is 14.3. The number of ether oxygens (including phenoxy) is 1. The zero-order valence-corrected chi connectivity index (χ0v) is 23.6. The minimum Gasteiger partial charge on any atom is -0.464 e. The third-order valence-corrected chi connectivity index (χ3v) is 10.3. The molecule has 0 atom stereocenters. The van der Waals surface area contributed by atoms with Crippen LogP contribution in [0.5, 0.6) is 6.01 Å². The van der Waals surface area contributed by atoms with Gasteiger partial charge in [0.2, 0.25) is 17.6 Å². The summed E-state index contributed by atoms with van der Waals surface area (Å²) in [7, 11) is 0. The van der Waals surface area contributed by atoms with Gasteiger partial charge in [0.1, 0.15) is 5.67 Å². The first kappa shape index (κ1) is 27.3. The highest BCUT2D eigenvalue weighted by atomic mass is 19.3. The van der Waals surface area contributed by atoms with Gasteiger partial charge in [-0.1, -0.05) is 17.3 Å². The monoisotopic (exact) mass is 581 g/mol. The van der Waals surface area contributed by atoms with E-state index < -0.39 is 17.9 Å². The number of halogens is 3. The van der Waals surface area contributed by atoms with Crippen molar-refractivity contribution in [1.82, 2.24) is 20.1 Å². The van der Waals surface area contributed by atoms with Crippen LogP contribution >= 0.6 is 0 Å². The number of alkyl halides is 3. The summed E-state index contributed by atoms with van der Waals surface area (Å²) in [6, 6.07) is 8.15. The zero-order chi connectivity index (χ0) is 29.2. The van der Waals surface area contributed by atoms with Gasteiger partial charge in [-0.25, -0.2) is 23.1 Å². The molecule has 0 N–H and O–H groups in total. The maximum Gasteiger partial charge on any atom is 0.316 e. The quantitative estimate of drug-likeness (QED) is 0.261. The normalized spacial score (nSPS) is 31.0. The van der Waals surface area contributed by atoms with Gasteiger partial charge < -0.3 is 14.2 Å². The van der Waals surface area contributed by atoms with Gasteiger partial charge in [-0.05, 0) is 93.2 Å². The van der Waals surface area contributed by atoms with Crippen LogP contribution in [0.3, 0.4) is 0 Å². The molecule has 0 aliphatic heterocycles. The molecular formula is C31H34F3N5O3. The second-order valence-electron chi connectivity index (χ2n) is 13.1. The molecule has 222 valence electrons. The minimum absolute atomic E-state index is 0.0205. The van der Waals surface area contributed by atoms with E-state index in [1.807, 2.05) is 36.1 Å². The lowest BCUT2D eigenvalue weighted by Gasteiger charge is -2.66. The van der Waals surface area contributed by atoms with Crippen LogP contribution in [0.15, 0.2) is 41.2 Å². The molecule has 9 rings (SSSR count). The van der Waals surface area contributed by atoms with E-state index in [1.54, 1.807) is 12.4 Å². The van der Waals surface area contributed by atoms with Crippen molar-refractivity contribution in [2.24, 2.45) is 10.8 Å². The molecule has 0 radical (unpaired) electrons. The second-order valence-corrected chi connectivity index (χ2v) is 13.1. The first-order chi connectivity index (χ1) is 20.1. The van der Waals surface area contributed by atoms with Crippen molar-refractivity contribution in [3.05, 3.63) is 48.4 Å². The Labute approximate surface area is 242 Å². The summed E-state index contributed by atoms with van der Waals surface area (Å²) in [5.74, 6) is -0.222. The lowest BCUT2D eigenvalue weighted by Crippen LogP contribution is -2.65. The SMILES string of the molecule is CCOc1ncc(-c2cccc(N(CC34CCC(c5nc(C(F)F)no5)(CC3)CC4)C(=O)CC34CC(F)(C3)C4)c2)cn1. The van der Waals surface area contributed by atoms with Crippen molar-refractivity contribution in [1.29, 1.82) is 0 Å². The fourth-order valence-corrected chi connectivity index (χ4v) is 8.01. The number of hydrogen-bond donors (Lipinski definition) is 0. The van der Waals surface area contributed by atoms with Gasteiger partial charge in [0.25, 0.3) is 0 Å². The third-order valence-electron chi connectivity index (χ3n) is 10.3. The van der Waals surface area contributed by atoms with Crippen molar-refractivity contribution in [3.8, 4) is 17.1 Å². The maximum absolute atomic E-state index is 14.3. The van der Waals surface area contributed by atoms with Crippen LogP contribution in [0.4, 0.5) is 18.9 Å². The molecule has 42 heavy (non-hydrogen) atoms. The molecule has 6 fully saturated rings. The number of fused-ring (bicyclic) bond motifs is 3. The zero-order valence-electron chi connectivity index (χ0n) is 23.6. The number of amides is 1. The number of benzene rings is 1. The molecule has 0 unspecified atom stereocenters. The molecule has 3 aromatic rings. The van der Waals surface area contributed by atoms with E-state index in [0.29, 0.717) is 50.7 Å². The van der Waals surface area contributed by atoms with E-state index in [-0.39, 0.29) is 22.2 Å². The molecule has 2 heterocycles. The van der Waals surface area contributed by atoms with Crippen LogP contribution in [0.2, 0.25) is 0 Å². The van der Waals surface area contributed by atoms with Crippen molar-refractivity contribution in [2.45, 2.75) is 88.6 Å². The van der Waals surface area contributed by atoms with Crippen LogP contribution in [-0.2, 0) is 10.2 Å². The number of aromatic nitrogens is 4. The predicted molar refractivity (Wildman–Crippen MR) is 147 cm³/mol. The Hall–Kier alpha value is -3.50. The van der Waals surface area contributed by atoms with Gasteiger partial charge >= 0.3 is 12.4 Å². The number of anilines is 1. The molecule has 0 spiro atoms. The van der Waals surface area contributed by atoms with Gasteiger partial charge in [-0.15, -0.1) is 0 Å². The Morgan fingerprint density at radius 3 is 2.31 bits per heavy atom. The van der Waals surface area contributed by atoms with E-state index in [9.17, 15) is 18.0 Å². The summed E-state index contributed by atoms with van der Waals surface area (Å²) in [4.78, 5) is 28.5. The average Bonchev–Trinajstić information content (AvgIpc) is 3.48. The van der Waals surface area contributed by atoms with E-state index >= 15 is 0 Å².